The number of carboxylic acids is 1. The zero-order chi connectivity index (χ0) is 27.8. The number of thioether (sulfide) groups is 1. The van der Waals surface area contributed by atoms with Gasteiger partial charge in [0.1, 0.15) is 18.1 Å². The van der Waals surface area contributed by atoms with Gasteiger partial charge in [0.15, 0.2) is 0 Å². The third kappa shape index (κ3) is 12.6. The number of hydrogen-bond acceptors (Lipinski definition) is 8. The molecular weight excluding hydrogens is 500 g/mol. The van der Waals surface area contributed by atoms with Crippen LogP contribution in [0.4, 0.5) is 0 Å². The van der Waals surface area contributed by atoms with Gasteiger partial charge in [-0.2, -0.15) is 11.8 Å². The lowest BCUT2D eigenvalue weighted by Crippen LogP contribution is -2.57. The first-order valence-corrected chi connectivity index (χ1v) is 13.4. The highest BCUT2D eigenvalue weighted by atomic mass is 32.2. The van der Waals surface area contributed by atoms with Gasteiger partial charge >= 0.3 is 5.97 Å². The number of benzene rings is 1. The molecule has 4 amide bonds. The summed E-state index contributed by atoms with van der Waals surface area (Å²) in [4.78, 5) is 61.5. The SMILES string of the molecule is CSCCC(NC(=O)C(N)CC(N)=O)C(=O)NC(CCCCN)C(=O)NC(Cc1ccccc1)C(=O)O. The van der Waals surface area contributed by atoms with Crippen LogP contribution in [0.15, 0.2) is 30.3 Å². The van der Waals surface area contributed by atoms with Crippen LogP contribution in [-0.4, -0.2) is 77.4 Å². The summed E-state index contributed by atoms with van der Waals surface area (Å²) in [5, 5.41) is 17.3. The highest BCUT2D eigenvalue weighted by Gasteiger charge is 2.30. The highest BCUT2D eigenvalue weighted by molar-refractivity contribution is 7.98. The van der Waals surface area contributed by atoms with Crippen molar-refractivity contribution in [3.63, 3.8) is 0 Å². The van der Waals surface area contributed by atoms with Gasteiger partial charge in [0.05, 0.1) is 12.5 Å². The van der Waals surface area contributed by atoms with Crippen LogP contribution < -0.4 is 33.2 Å². The number of nitrogens with two attached hydrogens (primary N) is 3. The molecule has 0 aliphatic carbocycles. The fourth-order valence-corrected chi connectivity index (χ4v) is 3.92. The second kappa shape index (κ2) is 17.3. The van der Waals surface area contributed by atoms with Crippen molar-refractivity contribution in [3.05, 3.63) is 35.9 Å². The van der Waals surface area contributed by atoms with Crippen LogP contribution in [-0.2, 0) is 30.4 Å². The van der Waals surface area contributed by atoms with E-state index < -0.39 is 53.8 Å². The summed E-state index contributed by atoms with van der Waals surface area (Å²) in [6.45, 7) is 0.387. The first kappa shape index (κ1) is 31.9. The zero-order valence-electron chi connectivity index (χ0n) is 21.0. The second-order valence-electron chi connectivity index (χ2n) is 8.55. The van der Waals surface area contributed by atoms with E-state index in [2.05, 4.69) is 16.0 Å². The molecule has 0 radical (unpaired) electrons. The summed E-state index contributed by atoms with van der Waals surface area (Å²) in [5.41, 5.74) is 17.1. The lowest BCUT2D eigenvalue weighted by atomic mass is 10.0. The number of hydrogen-bond donors (Lipinski definition) is 7. The summed E-state index contributed by atoms with van der Waals surface area (Å²) < 4.78 is 0. The molecule has 0 fully saturated rings. The monoisotopic (exact) mass is 538 g/mol. The van der Waals surface area contributed by atoms with Crippen LogP contribution in [0, 0.1) is 0 Å². The van der Waals surface area contributed by atoms with Gasteiger partial charge in [-0.15, -0.1) is 0 Å². The van der Waals surface area contributed by atoms with Gasteiger partial charge in [0.2, 0.25) is 23.6 Å². The lowest BCUT2D eigenvalue weighted by Gasteiger charge is -2.25. The molecule has 10 N–H and O–H groups in total. The van der Waals surface area contributed by atoms with E-state index in [1.54, 1.807) is 30.3 Å². The van der Waals surface area contributed by atoms with Gasteiger partial charge in [-0.05, 0) is 49.8 Å². The quantitative estimate of drug-likeness (QED) is 0.112. The molecule has 12 nitrogen and oxygen atoms in total. The second-order valence-corrected chi connectivity index (χ2v) is 9.54. The number of primary amides is 1. The van der Waals surface area contributed by atoms with Crippen molar-refractivity contribution in [1.29, 1.82) is 0 Å². The summed E-state index contributed by atoms with van der Waals surface area (Å²) in [7, 11) is 0. The molecule has 0 aromatic heterocycles. The maximum Gasteiger partial charge on any atom is 0.326 e. The molecule has 4 unspecified atom stereocenters. The van der Waals surface area contributed by atoms with E-state index in [0.717, 1.165) is 5.56 Å². The largest absolute Gasteiger partial charge is 0.480 e. The number of aliphatic carboxylic acids is 1. The lowest BCUT2D eigenvalue weighted by molar-refractivity contribution is -0.142. The van der Waals surface area contributed by atoms with Gasteiger partial charge in [-0.1, -0.05) is 30.3 Å². The van der Waals surface area contributed by atoms with Crippen LogP contribution >= 0.6 is 11.8 Å². The molecule has 206 valence electrons. The Labute approximate surface area is 220 Å². The van der Waals surface area contributed by atoms with Crippen molar-refractivity contribution >= 4 is 41.4 Å². The molecule has 0 spiro atoms. The fourth-order valence-electron chi connectivity index (χ4n) is 3.45. The third-order valence-corrected chi connectivity index (χ3v) is 6.12. The maximum absolute atomic E-state index is 13.1. The Hall–Kier alpha value is -3.16. The highest BCUT2D eigenvalue weighted by Crippen LogP contribution is 2.08. The molecule has 1 rings (SSSR count). The normalized spacial score (nSPS) is 14.0. The minimum Gasteiger partial charge on any atom is -0.480 e. The van der Waals surface area contributed by atoms with E-state index in [4.69, 9.17) is 17.2 Å². The Morgan fingerprint density at radius 2 is 1.46 bits per heavy atom. The zero-order valence-corrected chi connectivity index (χ0v) is 21.8. The number of unbranched alkanes of at least 4 members (excludes halogenated alkanes) is 1. The van der Waals surface area contributed by atoms with E-state index in [0.29, 0.717) is 25.1 Å². The average molecular weight is 539 g/mol. The van der Waals surface area contributed by atoms with Crippen LogP contribution in [0.5, 0.6) is 0 Å². The van der Waals surface area contributed by atoms with E-state index in [-0.39, 0.29) is 25.7 Å². The van der Waals surface area contributed by atoms with Crippen molar-refractivity contribution in [2.45, 2.75) is 62.7 Å². The van der Waals surface area contributed by atoms with Crippen LogP contribution in [0.2, 0.25) is 0 Å². The van der Waals surface area contributed by atoms with E-state index in [1.807, 2.05) is 6.26 Å². The number of carboxylic acid groups (broad SMARTS) is 1. The molecule has 1 aromatic rings. The molecule has 4 atom stereocenters. The molecule has 37 heavy (non-hydrogen) atoms. The Kier molecular flexibility index (Phi) is 14.9. The van der Waals surface area contributed by atoms with Gasteiger partial charge in [0.25, 0.3) is 0 Å². The Bertz CT molecular complexity index is 903. The standard InChI is InChI=1S/C24H38N6O6S/c1-37-12-10-18(28-21(32)16(26)14-20(27)31)23(34)29-17(9-5-6-11-25)22(33)30-19(24(35)36)13-15-7-3-2-4-8-15/h2-4,7-8,16-19H,5-6,9-14,25-26H2,1H3,(H2,27,31)(H,28,32)(H,29,34)(H,30,33)(H,35,36). The summed E-state index contributed by atoms with van der Waals surface area (Å²) >= 11 is 1.45. The van der Waals surface area contributed by atoms with E-state index in [1.165, 1.54) is 11.8 Å². The smallest absolute Gasteiger partial charge is 0.326 e. The number of carbonyl (C=O) groups excluding carboxylic acids is 4. The van der Waals surface area contributed by atoms with Gasteiger partial charge in [-0.3, -0.25) is 19.2 Å². The van der Waals surface area contributed by atoms with Gasteiger partial charge in [0, 0.05) is 6.42 Å². The molecule has 0 aliphatic rings. The maximum atomic E-state index is 13.1. The molecule has 0 aliphatic heterocycles. The van der Waals surface area contributed by atoms with Crippen LogP contribution in [0.1, 0.15) is 37.7 Å². The molecule has 0 saturated carbocycles. The van der Waals surface area contributed by atoms with Crippen molar-refractivity contribution < 1.29 is 29.1 Å². The van der Waals surface area contributed by atoms with Crippen molar-refractivity contribution in [2.75, 3.05) is 18.6 Å². The number of rotatable bonds is 18. The van der Waals surface area contributed by atoms with E-state index in [9.17, 15) is 29.1 Å². The predicted octanol–water partition coefficient (Wildman–Crippen LogP) is -1.15. The van der Waals surface area contributed by atoms with Crippen molar-refractivity contribution in [2.24, 2.45) is 17.2 Å². The number of nitrogens with one attached hydrogen (secondary N) is 3. The molecule has 13 heteroatoms. The van der Waals surface area contributed by atoms with Crippen LogP contribution in [0.25, 0.3) is 0 Å². The summed E-state index contributed by atoms with van der Waals surface area (Å²) in [6, 6.07) is 4.34. The number of carbonyl (C=O) groups is 5. The van der Waals surface area contributed by atoms with E-state index >= 15 is 0 Å². The molecule has 1 aromatic carbocycles. The third-order valence-electron chi connectivity index (χ3n) is 5.48. The van der Waals surface area contributed by atoms with Gasteiger partial charge < -0.3 is 38.3 Å². The Morgan fingerprint density at radius 3 is 2.00 bits per heavy atom. The Morgan fingerprint density at radius 1 is 0.892 bits per heavy atom. The van der Waals surface area contributed by atoms with Crippen molar-refractivity contribution in [1.82, 2.24) is 16.0 Å². The molecule has 0 heterocycles. The molecular formula is C24H38N6O6S. The first-order valence-electron chi connectivity index (χ1n) is 12.0. The minimum absolute atomic E-state index is 0.0650. The topological polar surface area (TPSA) is 220 Å². The molecule has 0 saturated heterocycles. The van der Waals surface area contributed by atoms with Crippen molar-refractivity contribution in [3.8, 4) is 0 Å². The number of amides is 4. The summed E-state index contributed by atoms with van der Waals surface area (Å²) in [6.07, 6.45) is 3.08. The summed E-state index contributed by atoms with van der Waals surface area (Å²) in [5.74, 6) is -3.46. The fraction of sp³-hybridized carbons (Fsp3) is 0.542. The average Bonchev–Trinajstić information content (AvgIpc) is 2.85. The Balaban J connectivity index is 2.99. The van der Waals surface area contributed by atoms with Crippen LogP contribution in [0.3, 0.4) is 0 Å². The predicted molar refractivity (Wildman–Crippen MR) is 141 cm³/mol. The first-order chi connectivity index (χ1) is 17.6. The minimum atomic E-state index is -1.22. The molecule has 0 bridgehead atoms. The van der Waals surface area contributed by atoms with Gasteiger partial charge in [-0.25, -0.2) is 4.79 Å².